The first-order valence-corrected chi connectivity index (χ1v) is 7.54. The minimum atomic E-state index is -0.498. The lowest BCUT2D eigenvalue weighted by Crippen LogP contribution is -2.53. The molecule has 22 heavy (non-hydrogen) atoms. The molecule has 3 unspecified atom stereocenters. The maximum atomic E-state index is 12.9. The highest BCUT2D eigenvalue weighted by atomic mass is 16.5. The van der Waals surface area contributed by atoms with Crippen LogP contribution in [-0.2, 0) is 10.3 Å². The Bertz CT molecular complexity index is 747. The third kappa shape index (κ3) is 1.73. The standard InChI is InChI=1S/C16H18N4O2/c1-9-12-7-8-16(2,22-9)14-13(12)20(21)15(19-18-14)10-3-5-11(17)6-4-10/h3-6,9,12H,7-8,17H2,1-2H3. The normalized spacial score (nSPS) is 29.4. The fourth-order valence-electron chi connectivity index (χ4n) is 3.66. The van der Waals surface area contributed by atoms with Crippen molar-refractivity contribution in [3.8, 4) is 11.4 Å². The number of ether oxygens (including phenoxy) is 1. The number of hydrogen-bond acceptors (Lipinski definition) is 5. The van der Waals surface area contributed by atoms with Crippen LogP contribution in [0.15, 0.2) is 24.3 Å². The van der Waals surface area contributed by atoms with Gasteiger partial charge < -0.3 is 15.7 Å². The van der Waals surface area contributed by atoms with Crippen molar-refractivity contribution in [3.63, 3.8) is 0 Å². The second-order valence-electron chi connectivity index (χ2n) is 6.37. The van der Waals surface area contributed by atoms with Gasteiger partial charge in [-0.25, -0.2) is 4.73 Å². The molecule has 2 aromatic rings. The summed E-state index contributed by atoms with van der Waals surface area (Å²) in [7, 11) is 0. The van der Waals surface area contributed by atoms with Gasteiger partial charge in [-0.1, -0.05) is 0 Å². The Labute approximate surface area is 128 Å². The number of aromatic nitrogens is 3. The number of benzene rings is 1. The zero-order valence-corrected chi connectivity index (χ0v) is 12.6. The molecule has 6 heteroatoms. The van der Waals surface area contributed by atoms with Gasteiger partial charge >= 0.3 is 5.82 Å². The van der Waals surface area contributed by atoms with Crippen LogP contribution in [0, 0.1) is 5.21 Å². The van der Waals surface area contributed by atoms with E-state index >= 15 is 0 Å². The Morgan fingerprint density at radius 3 is 2.73 bits per heavy atom. The van der Waals surface area contributed by atoms with E-state index in [4.69, 9.17) is 10.5 Å². The van der Waals surface area contributed by atoms with Gasteiger partial charge in [-0.3, -0.25) is 0 Å². The summed E-state index contributed by atoms with van der Waals surface area (Å²) in [6.07, 6.45) is 1.85. The van der Waals surface area contributed by atoms with Crippen LogP contribution in [0.3, 0.4) is 0 Å². The monoisotopic (exact) mass is 298 g/mol. The molecule has 3 aliphatic rings. The number of rotatable bonds is 1. The molecule has 2 bridgehead atoms. The van der Waals surface area contributed by atoms with Crippen molar-refractivity contribution in [2.75, 3.05) is 5.73 Å². The second-order valence-corrected chi connectivity index (χ2v) is 6.37. The van der Waals surface area contributed by atoms with Crippen molar-refractivity contribution in [2.24, 2.45) is 0 Å². The van der Waals surface area contributed by atoms with Gasteiger partial charge in [0.1, 0.15) is 11.3 Å². The average Bonchev–Trinajstić information content (AvgIpc) is 2.49. The molecule has 1 aromatic heterocycles. The summed E-state index contributed by atoms with van der Waals surface area (Å²) in [6, 6.07) is 7.11. The minimum Gasteiger partial charge on any atom is -0.710 e. The van der Waals surface area contributed by atoms with Gasteiger partial charge in [-0.2, -0.15) is 0 Å². The Kier molecular flexibility index (Phi) is 2.69. The maximum Gasteiger partial charge on any atom is 0.361 e. The molecule has 2 N–H and O–H groups in total. The minimum absolute atomic E-state index is 0.0231. The van der Waals surface area contributed by atoms with Gasteiger partial charge in [-0.15, -0.1) is 0 Å². The van der Waals surface area contributed by atoms with E-state index in [2.05, 4.69) is 10.2 Å². The van der Waals surface area contributed by atoms with Gasteiger partial charge in [0.25, 0.3) is 0 Å². The van der Waals surface area contributed by atoms with E-state index in [1.165, 1.54) is 0 Å². The lowest BCUT2D eigenvalue weighted by atomic mass is 9.74. The summed E-state index contributed by atoms with van der Waals surface area (Å²) in [6.45, 7) is 4.02. The maximum absolute atomic E-state index is 12.9. The molecule has 0 saturated carbocycles. The summed E-state index contributed by atoms with van der Waals surface area (Å²) >= 11 is 0. The van der Waals surface area contributed by atoms with Crippen LogP contribution in [0.5, 0.6) is 0 Å². The number of fused-ring (bicyclic) bond motifs is 2. The van der Waals surface area contributed by atoms with E-state index in [0.717, 1.165) is 23.1 Å². The Morgan fingerprint density at radius 1 is 1.32 bits per heavy atom. The van der Waals surface area contributed by atoms with E-state index in [1.807, 2.05) is 13.8 Å². The first-order chi connectivity index (χ1) is 10.5. The van der Waals surface area contributed by atoms with Crippen molar-refractivity contribution >= 4 is 5.69 Å². The molecule has 0 spiro atoms. The number of nitrogens with zero attached hydrogens (tertiary/aromatic N) is 3. The summed E-state index contributed by atoms with van der Waals surface area (Å²) in [5.74, 6) is 0.402. The molecule has 3 atom stereocenters. The van der Waals surface area contributed by atoms with E-state index in [1.54, 1.807) is 24.3 Å². The molecule has 5 rings (SSSR count). The highest BCUT2D eigenvalue weighted by Gasteiger charge is 2.51. The first-order valence-electron chi connectivity index (χ1n) is 7.54. The molecule has 1 saturated heterocycles. The molecule has 1 aromatic carbocycles. The predicted molar refractivity (Wildman–Crippen MR) is 80.7 cm³/mol. The van der Waals surface area contributed by atoms with Crippen molar-refractivity contribution < 1.29 is 9.47 Å². The summed E-state index contributed by atoms with van der Waals surface area (Å²) in [4.78, 5) is 0. The summed E-state index contributed by atoms with van der Waals surface area (Å²) in [5.41, 5.74) is 7.99. The highest BCUT2D eigenvalue weighted by molar-refractivity contribution is 5.56. The molecule has 1 aliphatic carbocycles. The second kappa shape index (κ2) is 4.39. The Morgan fingerprint density at radius 2 is 2.05 bits per heavy atom. The molecule has 2 aliphatic heterocycles. The van der Waals surface area contributed by atoms with Crippen LogP contribution >= 0.6 is 0 Å². The van der Waals surface area contributed by atoms with Crippen LogP contribution in [0.25, 0.3) is 11.4 Å². The number of nitrogens with two attached hydrogens (primary N) is 1. The van der Waals surface area contributed by atoms with Crippen LogP contribution in [0.4, 0.5) is 5.69 Å². The van der Waals surface area contributed by atoms with Gasteiger partial charge in [0.2, 0.25) is 0 Å². The van der Waals surface area contributed by atoms with E-state index in [0.29, 0.717) is 22.9 Å². The third-order valence-electron chi connectivity index (χ3n) is 4.86. The first kappa shape index (κ1) is 13.5. The fourth-order valence-corrected chi connectivity index (χ4v) is 3.66. The van der Waals surface area contributed by atoms with E-state index in [-0.39, 0.29) is 12.0 Å². The van der Waals surface area contributed by atoms with Gasteiger partial charge in [0, 0.05) is 11.6 Å². The largest absolute Gasteiger partial charge is 0.710 e. The topological polar surface area (TPSA) is 88.0 Å². The Balaban J connectivity index is 1.91. The molecule has 6 nitrogen and oxygen atoms in total. The van der Waals surface area contributed by atoms with Gasteiger partial charge in [-0.05, 0) is 56.1 Å². The smallest absolute Gasteiger partial charge is 0.361 e. The number of hydrogen-bond donors (Lipinski definition) is 1. The van der Waals surface area contributed by atoms with Crippen LogP contribution in [0.1, 0.15) is 44.0 Å². The van der Waals surface area contributed by atoms with Crippen molar-refractivity contribution in [3.05, 3.63) is 40.9 Å². The van der Waals surface area contributed by atoms with Crippen molar-refractivity contribution in [1.82, 2.24) is 10.2 Å². The van der Waals surface area contributed by atoms with E-state index < -0.39 is 5.60 Å². The molecule has 114 valence electrons. The lowest BCUT2D eigenvalue weighted by Gasteiger charge is -2.46. The zero-order valence-electron chi connectivity index (χ0n) is 12.6. The van der Waals surface area contributed by atoms with E-state index in [9.17, 15) is 5.21 Å². The quantitative estimate of drug-likeness (QED) is 0.493. The van der Waals surface area contributed by atoms with Crippen LogP contribution in [0.2, 0.25) is 0 Å². The summed E-state index contributed by atoms with van der Waals surface area (Å²) in [5, 5.41) is 21.4. The zero-order chi connectivity index (χ0) is 15.5. The van der Waals surface area contributed by atoms with Gasteiger partial charge in [0.15, 0.2) is 5.69 Å². The molecule has 0 amide bonds. The SMILES string of the molecule is CC1OC2(C)CCC1c1c2nnc(-c2ccc(N)cc2)[n+]1[O-]. The van der Waals surface area contributed by atoms with Crippen molar-refractivity contribution in [1.29, 1.82) is 0 Å². The number of anilines is 1. The van der Waals surface area contributed by atoms with Gasteiger partial charge in [0.05, 0.1) is 16.8 Å². The van der Waals surface area contributed by atoms with Crippen molar-refractivity contribution in [2.45, 2.75) is 44.3 Å². The molecule has 3 heterocycles. The summed E-state index contributed by atoms with van der Waals surface area (Å²) < 4.78 is 6.98. The number of nitrogen functional groups attached to an aromatic ring is 1. The molecular formula is C16H18N4O2. The molecular weight excluding hydrogens is 280 g/mol. The average molecular weight is 298 g/mol. The third-order valence-corrected chi connectivity index (χ3v) is 4.86. The van der Waals surface area contributed by atoms with Crippen LogP contribution in [-0.4, -0.2) is 16.3 Å². The predicted octanol–water partition coefficient (Wildman–Crippen LogP) is 1.87. The van der Waals surface area contributed by atoms with Crippen LogP contribution < -0.4 is 10.5 Å². The molecule has 1 fully saturated rings. The Hall–Kier alpha value is -2.21. The molecule has 0 radical (unpaired) electrons. The lowest BCUT2D eigenvalue weighted by molar-refractivity contribution is -0.612. The fraction of sp³-hybridized carbons (Fsp3) is 0.438. The highest BCUT2D eigenvalue weighted by Crippen LogP contribution is 2.49.